The van der Waals surface area contributed by atoms with E-state index in [1.54, 1.807) is 0 Å². The largest absolute Gasteiger partial charge is 0.504 e. The minimum absolute atomic E-state index is 0.0221. The molecular weight excluding hydrogens is 378 g/mol. The minimum atomic E-state index is -0.798. The Labute approximate surface area is 179 Å². The van der Waals surface area contributed by atoms with E-state index >= 15 is 0 Å². The summed E-state index contributed by atoms with van der Waals surface area (Å²) in [4.78, 5) is 2.56. The van der Waals surface area contributed by atoms with Crippen molar-refractivity contribution in [3.63, 3.8) is 0 Å². The van der Waals surface area contributed by atoms with Gasteiger partial charge in [-0.3, -0.25) is 0 Å². The molecule has 7 rings (SSSR count). The number of phenolic OH excluding ortho intramolecular Hbond substituents is 1. The normalized spacial score (nSPS) is 45.0. The van der Waals surface area contributed by atoms with E-state index in [4.69, 9.17) is 9.47 Å². The van der Waals surface area contributed by atoms with Gasteiger partial charge in [0.15, 0.2) is 11.5 Å². The van der Waals surface area contributed by atoms with Crippen molar-refractivity contribution in [3.8, 4) is 11.5 Å². The first kappa shape index (κ1) is 19.4. The summed E-state index contributed by atoms with van der Waals surface area (Å²) in [6.45, 7) is 5.19. The van der Waals surface area contributed by atoms with Crippen molar-refractivity contribution in [2.75, 3.05) is 20.7 Å². The molecule has 4 bridgehead atoms. The molecular formula is C25H35NO4. The molecule has 2 aliphatic heterocycles. The Hall–Kier alpha value is -1.30. The lowest BCUT2D eigenvalue weighted by Gasteiger charge is -2.74. The van der Waals surface area contributed by atoms with Gasteiger partial charge in [-0.05, 0) is 70.7 Å². The Morgan fingerprint density at radius 3 is 2.83 bits per heavy atom. The van der Waals surface area contributed by atoms with Crippen molar-refractivity contribution >= 4 is 0 Å². The van der Waals surface area contributed by atoms with E-state index in [2.05, 4.69) is 24.9 Å². The van der Waals surface area contributed by atoms with E-state index in [9.17, 15) is 10.2 Å². The number of piperidine rings is 1. The van der Waals surface area contributed by atoms with Gasteiger partial charge in [0.05, 0.1) is 5.60 Å². The lowest BCUT2D eigenvalue weighted by atomic mass is 9.33. The molecule has 30 heavy (non-hydrogen) atoms. The Morgan fingerprint density at radius 2 is 2.10 bits per heavy atom. The van der Waals surface area contributed by atoms with Crippen LogP contribution in [0.15, 0.2) is 12.1 Å². The van der Waals surface area contributed by atoms with Crippen LogP contribution in [0, 0.1) is 11.3 Å². The van der Waals surface area contributed by atoms with Crippen LogP contribution < -0.4 is 4.74 Å². The van der Waals surface area contributed by atoms with Crippen molar-refractivity contribution in [1.82, 2.24) is 4.90 Å². The summed E-state index contributed by atoms with van der Waals surface area (Å²) >= 11 is 0. The third kappa shape index (κ3) is 1.85. The van der Waals surface area contributed by atoms with Crippen LogP contribution in [0.4, 0.5) is 0 Å². The van der Waals surface area contributed by atoms with Crippen LogP contribution in [0.3, 0.4) is 0 Å². The number of likely N-dealkylation sites (tertiary alicyclic amines) is 1. The predicted octanol–water partition coefficient (Wildman–Crippen LogP) is 3.39. The Balaban J connectivity index is 1.64. The summed E-state index contributed by atoms with van der Waals surface area (Å²) in [6.07, 6.45) is 6.57. The Bertz CT molecular complexity index is 915. The van der Waals surface area contributed by atoms with Crippen molar-refractivity contribution < 1.29 is 19.7 Å². The van der Waals surface area contributed by atoms with Crippen LogP contribution in [0.1, 0.15) is 63.5 Å². The first-order valence-electron chi connectivity index (χ1n) is 11.8. The molecule has 5 heteroatoms. The monoisotopic (exact) mass is 413 g/mol. The van der Waals surface area contributed by atoms with Crippen LogP contribution in [0.5, 0.6) is 11.5 Å². The topological polar surface area (TPSA) is 62.2 Å². The Kier molecular flexibility index (Phi) is 3.70. The maximum atomic E-state index is 11.7. The molecule has 2 heterocycles. The fraction of sp³-hybridized carbons (Fsp3) is 0.760. The maximum absolute atomic E-state index is 11.7. The van der Waals surface area contributed by atoms with Gasteiger partial charge < -0.3 is 24.6 Å². The van der Waals surface area contributed by atoms with Gasteiger partial charge in [0.2, 0.25) is 0 Å². The van der Waals surface area contributed by atoms with Gasteiger partial charge in [0, 0.05) is 35.5 Å². The number of benzene rings is 1. The van der Waals surface area contributed by atoms with Gasteiger partial charge in [-0.15, -0.1) is 0 Å². The second kappa shape index (κ2) is 5.73. The third-order valence-electron chi connectivity index (χ3n) is 10.1. The summed E-state index contributed by atoms with van der Waals surface area (Å²) in [6, 6.07) is 4.37. The number of hydrogen-bond donors (Lipinski definition) is 2. The number of methoxy groups -OCH3 is 1. The molecule has 6 aliphatic rings. The lowest BCUT2D eigenvalue weighted by Crippen LogP contribution is -2.82. The summed E-state index contributed by atoms with van der Waals surface area (Å²) in [5.74, 6) is 0.977. The number of fused-ring (bicyclic) bond motifs is 2. The molecule has 4 fully saturated rings. The van der Waals surface area contributed by atoms with Gasteiger partial charge >= 0.3 is 0 Å². The molecule has 4 aliphatic carbocycles. The standard InChI is InChI=1S/C25H35NO4/c1-5-8-22(2,28)17-14-23-9-10-25(17,29-4)21-24(23)11-12-26(3)18(23)13-15-6-7-16(27)20(30-21)19(15)24/h6-7,17-18,21,27-28H,5,8-14H2,1-4H3/t17-,18-,21-,22?,23+,24+,25?/m1/s1. The van der Waals surface area contributed by atoms with Gasteiger partial charge in [0.25, 0.3) is 0 Å². The van der Waals surface area contributed by atoms with E-state index in [1.165, 1.54) is 11.1 Å². The average molecular weight is 414 g/mol. The minimum Gasteiger partial charge on any atom is -0.504 e. The summed E-state index contributed by atoms with van der Waals surface area (Å²) in [5, 5.41) is 22.5. The van der Waals surface area contributed by atoms with Crippen molar-refractivity contribution in [2.24, 2.45) is 11.3 Å². The summed E-state index contributed by atoms with van der Waals surface area (Å²) in [5.41, 5.74) is 1.21. The highest BCUT2D eigenvalue weighted by Crippen LogP contribution is 2.77. The Morgan fingerprint density at radius 1 is 1.30 bits per heavy atom. The van der Waals surface area contributed by atoms with Crippen LogP contribution in [-0.4, -0.2) is 59.2 Å². The number of aliphatic hydroxyl groups is 1. The molecule has 0 radical (unpaired) electrons. The van der Waals surface area contributed by atoms with Crippen molar-refractivity contribution in [3.05, 3.63) is 23.3 Å². The summed E-state index contributed by atoms with van der Waals surface area (Å²) < 4.78 is 13.2. The number of phenols is 1. The number of hydrogen-bond acceptors (Lipinski definition) is 5. The molecule has 1 saturated heterocycles. The molecule has 7 atom stereocenters. The van der Waals surface area contributed by atoms with E-state index in [0.717, 1.165) is 51.5 Å². The van der Waals surface area contributed by atoms with E-state index in [-0.39, 0.29) is 28.6 Å². The zero-order valence-corrected chi connectivity index (χ0v) is 18.7. The van der Waals surface area contributed by atoms with Gasteiger partial charge in [0.1, 0.15) is 11.7 Å². The van der Waals surface area contributed by atoms with Crippen LogP contribution >= 0.6 is 0 Å². The number of aromatic hydroxyl groups is 1. The van der Waals surface area contributed by atoms with Crippen molar-refractivity contribution in [2.45, 2.75) is 87.6 Å². The van der Waals surface area contributed by atoms with E-state index in [1.807, 2.05) is 20.1 Å². The number of rotatable bonds is 4. The molecule has 3 saturated carbocycles. The molecule has 0 aromatic heterocycles. The molecule has 1 aromatic carbocycles. The molecule has 0 amide bonds. The predicted molar refractivity (Wildman–Crippen MR) is 114 cm³/mol. The molecule has 5 nitrogen and oxygen atoms in total. The third-order valence-corrected chi connectivity index (χ3v) is 10.1. The average Bonchev–Trinajstić information content (AvgIpc) is 3.09. The number of nitrogens with zero attached hydrogens (tertiary/aromatic N) is 1. The smallest absolute Gasteiger partial charge is 0.165 e. The van der Waals surface area contributed by atoms with Crippen LogP contribution in [-0.2, 0) is 16.6 Å². The second-order valence-electron chi connectivity index (χ2n) is 11.0. The highest BCUT2D eigenvalue weighted by atomic mass is 16.6. The molecule has 2 N–H and O–H groups in total. The fourth-order valence-corrected chi connectivity index (χ4v) is 9.09. The zero-order chi connectivity index (χ0) is 21.1. The number of likely N-dealkylation sites (N-methyl/N-ethyl adjacent to an activating group) is 1. The van der Waals surface area contributed by atoms with E-state index in [0.29, 0.717) is 11.8 Å². The highest BCUT2D eigenvalue weighted by Gasteiger charge is 2.81. The van der Waals surface area contributed by atoms with Crippen LogP contribution in [0.2, 0.25) is 0 Å². The fourth-order valence-electron chi connectivity index (χ4n) is 9.09. The highest BCUT2D eigenvalue weighted by molar-refractivity contribution is 5.63. The second-order valence-corrected chi connectivity index (χ2v) is 11.0. The SMILES string of the molecule is CCCC(C)(O)[C@H]1C[C@]23CCC1(OC)[C@@H]1Oc4c(O)ccc5c4[C@@]12CCN(C)[C@@H]3C5. The first-order chi connectivity index (χ1) is 14.3. The van der Waals surface area contributed by atoms with Gasteiger partial charge in [-0.25, -0.2) is 0 Å². The van der Waals surface area contributed by atoms with Gasteiger partial charge in [-0.1, -0.05) is 19.4 Å². The first-order valence-corrected chi connectivity index (χ1v) is 11.8. The molecule has 1 aromatic rings. The lowest BCUT2D eigenvalue weighted by molar-refractivity contribution is -0.301. The van der Waals surface area contributed by atoms with Crippen LogP contribution in [0.25, 0.3) is 0 Å². The molecule has 2 spiro atoms. The number of ether oxygens (including phenoxy) is 2. The molecule has 2 unspecified atom stereocenters. The van der Waals surface area contributed by atoms with Crippen molar-refractivity contribution in [1.29, 1.82) is 0 Å². The maximum Gasteiger partial charge on any atom is 0.165 e. The quantitative estimate of drug-likeness (QED) is 0.792. The van der Waals surface area contributed by atoms with E-state index < -0.39 is 11.2 Å². The summed E-state index contributed by atoms with van der Waals surface area (Å²) in [7, 11) is 4.09. The molecule has 164 valence electrons. The van der Waals surface area contributed by atoms with Gasteiger partial charge in [-0.2, -0.15) is 0 Å². The zero-order valence-electron chi connectivity index (χ0n) is 18.7.